The third-order valence-corrected chi connectivity index (χ3v) is 5.06. The molecule has 3 aromatic carbocycles. The van der Waals surface area contributed by atoms with Gasteiger partial charge in [-0.3, -0.25) is 0 Å². The summed E-state index contributed by atoms with van der Waals surface area (Å²) in [6.45, 7) is 0.716. The van der Waals surface area contributed by atoms with Gasteiger partial charge in [0, 0.05) is 5.56 Å². The molecule has 0 aliphatic carbocycles. The van der Waals surface area contributed by atoms with Crippen LogP contribution in [0.2, 0.25) is 0 Å². The predicted molar refractivity (Wildman–Crippen MR) is 116 cm³/mol. The summed E-state index contributed by atoms with van der Waals surface area (Å²) in [5.74, 6) is 0.727. The van der Waals surface area contributed by atoms with Crippen LogP contribution >= 0.6 is 31.9 Å². The first-order chi connectivity index (χ1) is 13.7. The van der Waals surface area contributed by atoms with E-state index in [0.29, 0.717) is 12.2 Å². The van der Waals surface area contributed by atoms with Gasteiger partial charge in [0.2, 0.25) is 0 Å². The summed E-state index contributed by atoms with van der Waals surface area (Å²) in [6.07, 6.45) is 1.62. The Morgan fingerprint density at radius 3 is 2.32 bits per heavy atom. The van der Waals surface area contributed by atoms with Gasteiger partial charge in [-0.2, -0.15) is 5.26 Å². The molecule has 0 atom stereocenters. The maximum Gasteiger partial charge on any atom is 0.148 e. The molecule has 0 saturated heterocycles. The van der Waals surface area contributed by atoms with Gasteiger partial charge in [-0.1, -0.05) is 53.7 Å². The SMILES string of the molecule is N#Cc1ccccc1CO/N=C\c1cc(Br)c(OCc2ccccc2)c(Br)c1. The van der Waals surface area contributed by atoms with Crippen LogP contribution in [0.1, 0.15) is 22.3 Å². The second kappa shape index (κ2) is 10.1. The second-order valence-corrected chi connectivity index (χ2v) is 7.57. The van der Waals surface area contributed by atoms with Crippen molar-refractivity contribution in [3.63, 3.8) is 0 Å². The molecule has 28 heavy (non-hydrogen) atoms. The van der Waals surface area contributed by atoms with Gasteiger partial charge in [0.05, 0.1) is 26.8 Å². The Kier molecular flexibility index (Phi) is 7.24. The van der Waals surface area contributed by atoms with E-state index in [4.69, 9.17) is 14.8 Å². The summed E-state index contributed by atoms with van der Waals surface area (Å²) < 4.78 is 7.55. The monoisotopic (exact) mass is 498 g/mol. The van der Waals surface area contributed by atoms with E-state index in [1.807, 2.05) is 60.7 Å². The molecule has 0 saturated carbocycles. The Balaban J connectivity index is 1.62. The van der Waals surface area contributed by atoms with Crippen LogP contribution in [-0.2, 0) is 18.1 Å². The van der Waals surface area contributed by atoms with Crippen molar-refractivity contribution in [3.8, 4) is 11.8 Å². The fraction of sp³-hybridized carbons (Fsp3) is 0.0909. The Hall–Kier alpha value is -2.62. The first-order valence-electron chi connectivity index (χ1n) is 8.46. The number of rotatable bonds is 7. The minimum absolute atomic E-state index is 0.237. The molecule has 0 aliphatic heterocycles. The average Bonchev–Trinajstić information content (AvgIpc) is 2.71. The predicted octanol–water partition coefficient (Wildman–Crippen LogP) is 6.21. The van der Waals surface area contributed by atoms with Crippen LogP contribution < -0.4 is 4.74 Å². The van der Waals surface area contributed by atoms with Gasteiger partial charge in [-0.25, -0.2) is 0 Å². The van der Waals surface area contributed by atoms with E-state index in [1.54, 1.807) is 12.3 Å². The highest BCUT2D eigenvalue weighted by atomic mass is 79.9. The summed E-state index contributed by atoms with van der Waals surface area (Å²) >= 11 is 7.09. The second-order valence-electron chi connectivity index (χ2n) is 5.86. The molecule has 140 valence electrons. The molecule has 3 rings (SSSR count). The summed E-state index contributed by atoms with van der Waals surface area (Å²) in [5, 5.41) is 13.1. The van der Waals surface area contributed by atoms with E-state index in [0.717, 1.165) is 31.4 Å². The Morgan fingerprint density at radius 1 is 0.929 bits per heavy atom. The lowest BCUT2D eigenvalue weighted by molar-refractivity contribution is 0.132. The van der Waals surface area contributed by atoms with Crippen molar-refractivity contribution in [2.45, 2.75) is 13.2 Å². The molecular formula is C22H16Br2N2O2. The van der Waals surface area contributed by atoms with Crippen molar-refractivity contribution in [2.75, 3.05) is 0 Å². The highest BCUT2D eigenvalue weighted by Crippen LogP contribution is 2.35. The molecule has 0 fully saturated rings. The first kappa shape index (κ1) is 20.1. The lowest BCUT2D eigenvalue weighted by atomic mass is 10.1. The Bertz CT molecular complexity index is 992. The molecule has 0 aromatic heterocycles. The summed E-state index contributed by atoms with van der Waals surface area (Å²) in [6, 6.07) is 23.2. The van der Waals surface area contributed by atoms with Crippen LogP contribution in [-0.4, -0.2) is 6.21 Å². The minimum Gasteiger partial charge on any atom is -0.487 e. The molecule has 0 aliphatic rings. The highest BCUT2D eigenvalue weighted by Gasteiger charge is 2.09. The molecule has 0 unspecified atom stereocenters. The van der Waals surface area contributed by atoms with Crippen LogP contribution in [0.15, 0.2) is 80.8 Å². The van der Waals surface area contributed by atoms with Crippen LogP contribution in [0, 0.1) is 11.3 Å². The third kappa shape index (κ3) is 5.44. The topological polar surface area (TPSA) is 54.6 Å². The zero-order valence-corrected chi connectivity index (χ0v) is 18.0. The van der Waals surface area contributed by atoms with E-state index in [2.05, 4.69) is 43.1 Å². The molecule has 4 nitrogen and oxygen atoms in total. The van der Waals surface area contributed by atoms with Gasteiger partial charge >= 0.3 is 0 Å². The van der Waals surface area contributed by atoms with Gasteiger partial charge in [0.1, 0.15) is 19.0 Å². The summed E-state index contributed by atoms with van der Waals surface area (Å²) in [7, 11) is 0. The normalized spacial score (nSPS) is 10.6. The van der Waals surface area contributed by atoms with Crippen LogP contribution in [0.5, 0.6) is 5.75 Å². The number of ether oxygens (including phenoxy) is 1. The van der Waals surface area contributed by atoms with Gasteiger partial charge in [-0.15, -0.1) is 0 Å². The molecule has 0 spiro atoms. The quantitative estimate of drug-likeness (QED) is 0.286. The third-order valence-electron chi connectivity index (χ3n) is 3.88. The molecule has 0 heterocycles. The molecule has 6 heteroatoms. The molecular weight excluding hydrogens is 484 g/mol. The van der Waals surface area contributed by atoms with E-state index >= 15 is 0 Å². The molecule has 0 N–H and O–H groups in total. The maximum absolute atomic E-state index is 9.09. The summed E-state index contributed by atoms with van der Waals surface area (Å²) in [4.78, 5) is 5.34. The van der Waals surface area contributed by atoms with Crippen LogP contribution in [0.4, 0.5) is 0 Å². The van der Waals surface area contributed by atoms with Crippen molar-refractivity contribution in [1.82, 2.24) is 0 Å². The van der Waals surface area contributed by atoms with E-state index in [9.17, 15) is 0 Å². The number of hydrogen-bond acceptors (Lipinski definition) is 4. The zero-order chi connectivity index (χ0) is 19.8. The largest absolute Gasteiger partial charge is 0.487 e. The highest BCUT2D eigenvalue weighted by molar-refractivity contribution is 9.11. The lowest BCUT2D eigenvalue weighted by Crippen LogP contribution is -1.97. The number of benzene rings is 3. The van der Waals surface area contributed by atoms with Crippen molar-refractivity contribution in [3.05, 3.63) is 97.9 Å². The van der Waals surface area contributed by atoms with Crippen molar-refractivity contribution >= 4 is 38.1 Å². The molecule has 0 bridgehead atoms. The van der Waals surface area contributed by atoms with Gasteiger partial charge in [0.25, 0.3) is 0 Å². The van der Waals surface area contributed by atoms with Gasteiger partial charge < -0.3 is 9.57 Å². The Morgan fingerprint density at radius 2 is 1.61 bits per heavy atom. The number of oxime groups is 1. The number of hydrogen-bond donors (Lipinski definition) is 0. The minimum atomic E-state index is 0.237. The fourth-order valence-corrected chi connectivity index (χ4v) is 3.93. The standard InChI is InChI=1S/C22H16Br2N2O2/c23-20-10-17(13-26-28-15-19-9-5-4-8-18(19)12-25)11-21(24)22(20)27-14-16-6-2-1-3-7-16/h1-11,13H,14-15H2/b26-13-. The lowest BCUT2D eigenvalue weighted by Gasteiger charge is -2.11. The van der Waals surface area contributed by atoms with E-state index < -0.39 is 0 Å². The number of nitriles is 1. The fourth-order valence-electron chi connectivity index (χ4n) is 2.48. The zero-order valence-electron chi connectivity index (χ0n) is 14.8. The van der Waals surface area contributed by atoms with Crippen molar-refractivity contribution < 1.29 is 9.57 Å². The maximum atomic E-state index is 9.09. The first-order valence-corrected chi connectivity index (χ1v) is 10.0. The smallest absolute Gasteiger partial charge is 0.148 e. The van der Waals surface area contributed by atoms with Crippen molar-refractivity contribution in [2.24, 2.45) is 5.16 Å². The summed E-state index contributed by atoms with van der Waals surface area (Å²) in [5.41, 5.74) is 3.33. The van der Waals surface area contributed by atoms with Crippen molar-refractivity contribution in [1.29, 1.82) is 5.26 Å². The average molecular weight is 500 g/mol. The van der Waals surface area contributed by atoms with E-state index in [1.165, 1.54) is 0 Å². The van der Waals surface area contributed by atoms with Gasteiger partial charge in [0.15, 0.2) is 0 Å². The van der Waals surface area contributed by atoms with Gasteiger partial charge in [-0.05, 0) is 61.2 Å². The Labute approximate surface area is 180 Å². The van der Waals surface area contributed by atoms with E-state index in [-0.39, 0.29) is 6.61 Å². The molecule has 3 aromatic rings. The number of nitrogens with zero attached hydrogens (tertiary/aromatic N) is 2. The molecule has 0 radical (unpaired) electrons. The number of halogens is 2. The van der Waals surface area contributed by atoms with Crippen LogP contribution in [0.3, 0.4) is 0 Å². The van der Waals surface area contributed by atoms with Crippen LogP contribution in [0.25, 0.3) is 0 Å². The molecule has 0 amide bonds.